The zero-order chi connectivity index (χ0) is 21.9. The molecule has 0 aliphatic carbocycles. The van der Waals surface area contributed by atoms with Crippen LogP contribution < -0.4 is 14.8 Å². The minimum Gasteiger partial charge on any atom is -0.490 e. The fourth-order valence-corrected chi connectivity index (χ4v) is 2.44. The van der Waals surface area contributed by atoms with Crippen LogP contribution in [0.25, 0.3) is 6.08 Å². The Morgan fingerprint density at radius 1 is 1.10 bits per heavy atom. The Balaban J connectivity index is 2.12. The van der Waals surface area contributed by atoms with Crippen molar-refractivity contribution in [2.24, 2.45) is 0 Å². The number of hydrogen-bond acceptors (Lipinski definition) is 6. The van der Waals surface area contributed by atoms with Crippen LogP contribution in [0.4, 0.5) is 5.69 Å². The summed E-state index contributed by atoms with van der Waals surface area (Å²) >= 11 is 0. The lowest BCUT2D eigenvalue weighted by atomic mass is 10.1. The number of hydrogen-bond donors (Lipinski definition) is 1. The number of nitrogens with zero attached hydrogens (tertiary/aromatic N) is 1. The van der Waals surface area contributed by atoms with E-state index in [1.807, 2.05) is 31.2 Å². The maximum atomic E-state index is 12.1. The van der Waals surface area contributed by atoms with E-state index in [1.54, 1.807) is 44.2 Å². The molecule has 0 aromatic heterocycles. The number of carbonyl (C=O) groups is 2. The highest BCUT2D eigenvalue weighted by atomic mass is 16.5. The molecule has 0 radical (unpaired) electrons. The lowest BCUT2D eigenvalue weighted by molar-refractivity contribution is -0.142. The van der Waals surface area contributed by atoms with E-state index < -0.39 is 5.97 Å². The predicted octanol–water partition coefficient (Wildman–Crippen LogP) is 3.96. The molecule has 0 atom stereocenters. The summed E-state index contributed by atoms with van der Waals surface area (Å²) < 4.78 is 16.2. The van der Waals surface area contributed by atoms with Gasteiger partial charge in [0.15, 0.2) is 18.1 Å². The first-order chi connectivity index (χ1) is 14.4. The normalized spacial score (nSPS) is 10.8. The van der Waals surface area contributed by atoms with Gasteiger partial charge in [0.25, 0.3) is 5.91 Å². The summed E-state index contributed by atoms with van der Waals surface area (Å²) in [6, 6.07) is 15.8. The SMILES string of the molecule is CCOc1cc(/C=C(\C#N)C(=O)OC(C)C)ccc1OCC(=O)Nc1ccccc1. The number of nitriles is 1. The van der Waals surface area contributed by atoms with Crippen LogP contribution in [0.1, 0.15) is 26.3 Å². The molecule has 2 aromatic carbocycles. The van der Waals surface area contributed by atoms with Gasteiger partial charge in [-0.2, -0.15) is 5.26 Å². The van der Waals surface area contributed by atoms with E-state index in [9.17, 15) is 14.9 Å². The van der Waals surface area contributed by atoms with Crippen molar-refractivity contribution < 1.29 is 23.8 Å². The Labute approximate surface area is 175 Å². The quantitative estimate of drug-likeness (QED) is 0.383. The molecule has 0 aliphatic rings. The van der Waals surface area contributed by atoms with Gasteiger partial charge in [0.05, 0.1) is 12.7 Å². The van der Waals surface area contributed by atoms with Gasteiger partial charge in [-0.15, -0.1) is 0 Å². The topological polar surface area (TPSA) is 97.7 Å². The zero-order valence-corrected chi connectivity index (χ0v) is 17.2. The first-order valence-electron chi connectivity index (χ1n) is 9.50. The van der Waals surface area contributed by atoms with Gasteiger partial charge in [0.2, 0.25) is 0 Å². The molecule has 0 unspecified atom stereocenters. The summed E-state index contributed by atoms with van der Waals surface area (Å²) in [6.07, 6.45) is 1.09. The molecule has 7 nitrogen and oxygen atoms in total. The number of carbonyl (C=O) groups excluding carboxylic acids is 2. The van der Waals surface area contributed by atoms with E-state index in [2.05, 4.69) is 5.32 Å². The second-order valence-corrected chi connectivity index (χ2v) is 6.47. The third kappa shape index (κ3) is 6.99. The molecule has 0 heterocycles. The third-order valence-corrected chi connectivity index (χ3v) is 3.68. The van der Waals surface area contributed by atoms with Crippen LogP contribution in [0, 0.1) is 11.3 Å². The van der Waals surface area contributed by atoms with Gasteiger partial charge in [0, 0.05) is 5.69 Å². The van der Waals surface area contributed by atoms with Gasteiger partial charge in [0.1, 0.15) is 11.6 Å². The van der Waals surface area contributed by atoms with Gasteiger partial charge in [-0.05, 0) is 56.7 Å². The molecule has 0 fully saturated rings. The van der Waals surface area contributed by atoms with E-state index in [0.717, 1.165) is 0 Å². The van der Waals surface area contributed by atoms with E-state index >= 15 is 0 Å². The summed E-state index contributed by atoms with van der Waals surface area (Å²) in [6.45, 7) is 5.41. The molecule has 0 aliphatic heterocycles. The second kappa shape index (κ2) is 11.3. The van der Waals surface area contributed by atoms with Crippen molar-refractivity contribution in [3.63, 3.8) is 0 Å². The van der Waals surface area contributed by atoms with Crippen LogP contribution >= 0.6 is 0 Å². The molecule has 2 rings (SSSR count). The summed E-state index contributed by atoms with van der Waals surface area (Å²) in [4.78, 5) is 24.1. The first-order valence-corrected chi connectivity index (χ1v) is 9.50. The van der Waals surface area contributed by atoms with Crippen molar-refractivity contribution >= 4 is 23.6 Å². The Hall–Kier alpha value is -3.79. The minimum absolute atomic E-state index is 0.123. The molecule has 0 saturated carbocycles. The minimum atomic E-state index is -0.691. The largest absolute Gasteiger partial charge is 0.490 e. The number of anilines is 1. The lowest BCUT2D eigenvalue weighted by Gasteiger charge is -2.13. The zero-order valence-electron chi connectivity index (χ0n) is 17.2. The average Bonchev–Trinajstić information content (AvgIpc) is 2.71. The van der Waals surface area contributed by atoms with Crippen molar-refractivity contribution in [3.05, 3.63) is 59.7 Å². The standard InChI is InChI=1S/C23H24N2O5/c1-4-28-21-13-17(12-18(14-24)23(27)30-16(2)3)10-11-20(21)29-15-22(26)25-19-8-6-5-7-9-19/h5-13,16H,4,15H2,1-3H3,(H,25,26)/b18-12+. The first kappa shape index (κ1) is 22.5. The lowest BCUT2D eigenvalue weighted by Crippen LogP contribution is -2.20. The number of esters is 1. The smallest absolute Gasteiger partial charge is 0.349 e. The molecular weight excluding hydrogens is 384 g/mol. The van der Waals surface area contributed by atoms with Crippen molar-refractivity contribution in [2.45, 2.75) is 26.9 Å². The van der Waals surface area contributed by atoms with Crippen LogP contribution in [0.15, 0.2) is 54.1 Å². The van der Waals surface area contributed by atoms with Crippen molar-refractivity contribution in [2.75, 3.05) is 18.5 Å². The molecule has 2 aromatic rings. The van der Waals surface area contributed by atoms with Gasteiger partial charge >= 0.3 is 5.97 Å². The predicted molar refractivity (Wildman–Crippen MR) is 113 cm³/mol. The van der Waals surface area contributed by atoms with Gasteiger partial charge < -0.3 is 19.5 Å². The average molecular weight is 408 g/mol. The summed E-state index contributed by atoms with van der Waals surface area (Å²) in [7, 11) is 0. The molecule has 1 N–H and O–H groups in total. The van der Waals surface area contributed by atoms with Crippen LogP contribution in [0.3, 0.4) is 0 Å². The van der Waals surface area contributed by atoms with Crippen LogP contribution in [-0.2, 0) is 14.3 Å². The Bertz CT molecular complexity index is 946. The summed E-state index contributed by atoms with van der Waals surface area (Å²) in [5, 5.41) is 12.0. The highest BCUT2D eigenvalue weighted by molar-refractivity contribution is 5.98. The molecule has 7 heteroatoms. The number of ether oxygens (including phenoxy) is 3. The highest BCUT2D eigenvalue weighted by Gasteiger charge is 2.14. The van der Waals surface area contributed by atoms with E-state index in [4.69, 9.17) is 14.2 Å². The summed E-state index contributed by atoms with van der Waals surface area (Å²) in [5.74, 6) is -0.229. The van der Waals surface area contributed by atoms with Crippen LogP contribution in [0.2, 0.25) is 0 Å². The fraction of sp³-hybridized carbons (Fsp3) is 0.261. The van der Waals surface area contributed by atoms with Gasteiger partial charge in [-0.3, -0.25) is 4.79 Å². The molecule has 0 spiro atoms. The Kier molecular flexibility index (Phi) is 8.45. The van der Waals surface area contributed by atoms with Gasteiger partial charge in [-0.25, -0.2) is 4.79 Å². The Morgan fingerprint density at radius 2 is 1.83 bits per heavy atom. The molecular formula is C23H24N2O5. The molecule has 1 amide bonds. The molecule has 30 heavy (non-hydrogen) atoms. The number of para-hydroxylation sites is 1. The second-order valence-electron chi connectivity index (χ2n) is 6.47. The van der Waals surface area contributed by atoms with E-state index in [1.165, 1.54) is 6.08 Å². The van der Waals surface area contributed by atoms with E-state index in [0.29, 0.717) is 29.4 Å². The number of nitrogens with one attached hydrogen (secondary N) is 1. The molecule has 156 valence electrons. The van der Waals surface area contributed by atoms with Gasteiger partial charge in [-0.1, -0.05) is 24.3 Å². The van der Waals surface area contributed by atoms with Crippen LogP contribution in [0.5, 0.6) is 11.5 Å². The fourth-order valence-electron chi connectivity index (χ4n) is 2.44. The van der Waals surface area contributed by atoms with Crippen LogP contribution in [-0.4, -0.2) is 31.2 Å². The Morgan fingerprint density at radius 3 is 2.47 bits per heavy atom. The van der Waals surface area contributed by atoms with E-state index in [-0.39, 0.29) is 24.2 Å². The van der Waals surface area contributed by atoms with Crippen molar-refractivity contribution in [3.8, 4) is 17.6 Å². The highest BCUT2D eigenvalue weighted by Crippen LogP contribution is 2.29. The maximum Gasteiger partial charge on any atom is 0.349 e. The summed E-state index contributed by atoms with van der Waals surface area (Å²) in [5.41, 5.74) is 1.12. The number of amides is 1. The number of benzene rings is 2. The maximum absolute atomic E-state index is 12.1. The van der Waals surface area contributed by atoms with Crippen molar-refractivity contribution in [1.29, 1.82) is 5.26 Å². The third-order valence-electron chi connectivity index (χ3n) is 3.68. The molecule has 0 bridgehead atoms. The molecule has 0 saturated heterocycles. The van der Waals surface area contributed by atoms with Crippen molar-refractivity contribution in [1.82, 2.24) is 0 Å². The number of rotatable bonds is 9. The monoisotopic (exact) mass is 408 g/mol.